The van der Waals surface area contributed by atoms with Crippen LogP contribution in [-0.2, 0) is 17.8 Å². The Labute approximate surface area is 408 Å². The van der Waals surface area contributed by atoms with Gasteiger partial charge in [-0.2, -0.15) is 224 Å². The molecule has 0 spiro atoms. The second kappa shape index (κ2) is 18.5. The van der Waals surface area contributed by atoms with Crippen molar-refractivity contribution < 1.29 is 224 Å². The fourth-order valence-electron chi connectivity index (χ4n) is 5.37. The third-order valence-corrected chi connectivity index (χ3v) is 10.4. The highest BCUT2D eigenvalue weighted by Crippen LogP contribution is 2.71. The second-order valence-corrected chi connectivity index (χ2v) is 15.5. The van der Waals surface area contributed by atoms with E-state index in [1.165, 1.54) is 0 Å². The lowest BCUT2D eigenvalue weighted by Crippen LogP contribution is -2.74. The minimum absolute atomic E-state index is 3.49. The van der Waals surface area contributed by atoms with Crippen LogP contribution < -0.4 is 5.73 Å². The van der Waals surface area contributed by atoms with Gasteiger partial charge in [0.2, 0.25) is 0 Å². The predicted octanol–water partition coefficient (Wildman–Crippen LogP) is 17.7. The maximum absolute atomic E-state index is 15.4. The lowest BCUT2D eigenvalue weighted by molar-refractivity contribution is -0.463. The zero-order valence-electron chi connectivity index (χ0n) is 35.0. The fourth-order valence-corrected chi connectivity index (χ4v) is 5.37. The number of rotatable bonds is 21. The summed E-state index contributed by atoms with van der Waals surface area (Å²) in [6, 6.07) is -6.99. The van der Waals surface area contributed by atoms with Crippen LogP contribution in [0, 0.1) is 0 Å². The Bertz CT molecular complexity index is 2380. The van der Waals surface area contributed by atoms with Gasteiger partial charge in [-0.25, -0.2) is 0 Å². The highest BCUT2D eigenvalue weighted by Gasteiger charge is 2.99. The summed E-state index contributed by atoms with van der Waals surface area (Å²) >= 11 is 0. The van der Waals surface area contributed by atoms with Crippen molar-refractivity contribution >= 4 is 5.69 Å². The van der Waals surface area contributed by atoms with Gasteiger partial charge in [0.05, 0.1) is 16.8 Å². The van der Waals surface area contributed by atoms with Gasteiger partial charge in [-0.3, -0.25) is 0 Å². The van der Waals surface area contributed by atoms with Gasteiger partial charge in [0.15, 0.2) is 0 Å². The standard InChI is InChI=1S/C30H4F51N/c31-7(32,10(37,38)13(43,44)16(49,50)19(55,56)22(61,62)25(67,68)28(73,74)75)3-1-4(8(33,34)11(39,40)14(45,46)17(51,52)20(57,58)23(63,64)26(69,70)29(76,77)78)6(82)5(2-3)9(35,36)12(41,42)15(47,48)18(53,54)21(59,60)24(65,66)27(71,72)30(79,80)81/h1-2H,82H2. The van der Waals surface area contributed by atoms with Crippen LogP contribution in [0.1, 0.15) is 16.7 Å². The van der Waals surface area contributed by atoms with Gasteiger partial charge < -0.3 is 5.73 Å². The molecule has 1 aromatic rings. The van der Waals surface area contributed by atoms with Crippen molar-refractivity contribution in [3.63, 3.8) is 0 Å². The Hall–Kier alpha value is -4.55. The molecule has 0 aliphatic heterocycles. The van der Waals surface area contributed by atoms with E-state index in [1.54, 1.807) is 0 Å². The van der Waals surface area contributed by atoms with Crippen molar-refractivity contribution in [2.24, 2.45) is 0 Å². The number of nitrogens with two attached hydrogens (primary N) is 1. The van der Waals surface area contributed by atoms with Crippen LogP contribution in [-0.4, -0.2) is 125 Å². The Kier molecular flexibility index (Phi) is 17.0. The molecule has 0 bridgehead atoms. The molecule has 0 amide bonds. The molecule has 82 heavy (non-hydrogen) atoms. The van der Waals surface area contributed by atoms with Crippen molar-refractivity contribution in [2.45, 2.75) is 143 Å². The van der Waals surface area contributed by atoms with Gasteiger partial charge in [-0.1, -0.05) is 0 Å². The first-order chi connectivity index (χ1) is 34.5. The molecule has 0 aliphatic carbocycles. The zero-order chi connectivity index (χ0) is 67.7. The smallest absolute Gasteiger partial charge is 0.398 e. The van der Waals surface area contributed by atoms with Crippen LogP contribution in [0.3, 0.4) is 0 Å². The van der Waals surface area contributed by atoms with Crippen molar-refractivity contribution in [3.05, 3.63) is 28.8 Å². The molecule has 0 aliphatic rings. The molecule has 1 nitrogen and oxygen atoms in total. The predicted molar refractivity (Wildman–Crippen MR) is 150 cm³/mol. The van der Waals surface area contributed by atoms with Crippen molar-refractivity contribution in [3.8, 4) is 0 Å². The first-order valence-corrected chi connectivity index (χ1v) is 17.6. The number of nitrogen functional groups attached to an aromatic ring is 1. The van der Waals surface area contributed by atoms with E-state index in [1.807, 2.05) is 0 Å². The van der Waals surface area contributed by atoms with E-state index < -0.39 is 177 Å². The lowest BCUT2D eigenvalue weighted by atomic mass is 9.81. The van der Waals surface area contributed by atoms with Crippen molar-refractivity contribution in [1.82, 2.24) is 0 Å². The van der Waals surface area contributed by atoms with E-state index >= 15 is 26.3 Å². The molecule has 1 aromatic carbocycles. The minimum atomic E-state index is -10.2. The quantitative estimate of drug-likeness (QED) is 0.0963. The number of alkyl halides is 51. The summed E-state index contributed by atoms with van der Waals surface area (Å²) in [4.78, 5) is 0. The minimum Gasteiger partial charge on any atom is -0.398 e. The monoisotopic (exact) mass is 1350 g/mol. The summed E-state index contributed by atoms with van der Waals surface area (Å²) in [5.41, 5.74) is -18.8. The normalized spacial score (nSPS) is 17.0. The molecular weight excluding hydrogens is 1340 g/mol. The maximum Gasteiger partial charge on any atom is 0.460 e. The highest BCUT2D eigenvalue weighted by atomic mass is 19.5. The van der Waals surface area contributed by atoms with Crippen molar-refractivity contribution in [1.29, 1.82) is 0 Å². The molecule has 0 heterocycles. The number of hydrogen-bond acceptors (Lipinski definition) is 1. The average Bonchev–Trinajstić information content (AvgIpc) is 3.23. The van der Waals surface area contributed by atoms with Gasteiger partial charge >= 0.3 is 143 Å². The van der Waals surface area contributed by atoms with Crippen LogP contribution in [0.4, 0.5) is 230 Å². The molecule has 0 atom stereocenters. The summed E-state index contributed by atoms with van der Waals surface area (Å²) in [5.74, 6) is -207. The molecule has 2 N–H and O–H groups in total. The number of halogens is 51. The van der Waals surface area contributed by atoms with Gasteiger partial charge in [0.25, 0.3) is 0 Å². The molecule has 0 saturated carbocycles. The molecule has 1 rings (SSSR count). The highest BCUT2D eigenvalue weighted by molar-refractivity contribution is 5.61. The van der Waals surface area contributed by atoms with Gasteiger partial charge in [0.1, 0.15) is 0 Å². The zero-order valence-corrected chi connectivity index (χ0v) is 35.0. The molecule has 0 fully saturated rings. The van der Waals surface area contributed by atoms with Crippen LogP contribution in [0.2, 0.25) is 0 Å². The summed E-state index contributed by atoms with van der Waals surface area (Å²) in [7, 11) is 0. The van der Waals surface area contributed by atoms with E-state index in [0.717, 1.165) is 0 Å². The molecule has 0 saturated heterocycles. The summed E-state index contributed by atoms with van der Waals surface area (Å²) in [6.07, 6.45) is -25.9. The summed E-state index contributed by atoms with van der Waals surface area (Å²) in [6.45, 7) is 0. The van der Waals surface area contributed by atoms with Gasteiger partial charge in [0, 0.05) is 5.56 Å². The lowest BCUT2D eigenvalue weighted by Gasteiger charge is -2.44. The molecule has 52 heteroatoms. The fraction of sp³-hybridized carbons (Fsp3) is 0.800. The molecule has 0 aromatic heterocycles. The van der Waals surface area contributed by atoms with Crippen LogP contribution >= 0.6 is 0 Å². The van der Waals surface area contributed by atoms with Crippen LogP contribution in [0.5, 0.6) is 0 Å². The van der Waals surface area contributed by atoms with E-state index in [9.17, 15) is 198 Å². The van der Waals surface area contributed by atoms with E-state index in [4.69, 9.17) is 0 Å². The number of anilines is 1. The summed E-state index contributed by atoms with van der Waals surface area (Å²) < 4.78 is 711. The first-order valence-electron chi connectivity index (χ1n) is 17.6. The van der Waals surface area contributed by atoms with E-state index in [2.05, 4.69) is 5.73 Å². The van der Waals surface area contributed by atoms with Crippen molar-refractivity contribution in [2.75, 3.05) is 5.73 Å². The van der Waals surface area contributed by atoms with E-state index in [-0.39, 0.29) is 0 Å². The Morgan fingerprint density at radius 1 is 0.171 bits per heavy atom. The second-order valence-electron chi connectivity index (χ2n) is 15.5. The molecule has 0 unspecified atom stereocenters. The largest absolute Gasteiger partial charge is 0.460 e. The maximum atomic E-state index is 15.4. The Morgan fingerprint density at radius 3 is 0.439 bits per heavy atom. The Balaban J connectivity index is 5.10. The van der Waals surface area contributed by atoms with E-state index in [0.29, 0.717) is 0 Å². The number of benzene rings is 1. The van der Waals surface area contributed by atoms with Crippen LogP contribution in [0.15, 0.2) is 12.1 Å². The third kappa shape index (κ3) is 8.76. The summed E-state index contributed by atoms with van der Waals surface area (Å²) in [5, 5.41) is 0. The first kappa shape index (κ1) is 75.5. The molecular formula is C30H4F51N. The van der Waals surface area contributed by atoms with Gasteiger partial charge in [-0.05, 0) is 12.1 Å². The SMILES string of the molecule is Nc1c(C(F)(F)C(F)(F)C(F)(F)C(F)(F)C(F)(F)C(F)(F)C(F)(F)C(F)(F)F)cc(C(F)(F)C(F)(F)C(F)(F)C(F)(F)C(F)(F)C(F)(F)C(F)(F)C(F)(F)F)cc1C(F)(F)C(F)(F)C(F)(F)C(F)(F)C(F)(F)C(F)(F)C(F)(F)C(F)(F)F. The average molecular weight is 1350 g/mol. The van der Waals surface area contributed by atoms with Gasteiger partial charge in [-0.15, -0.1) is 0 Å². The third-order valence-electron chi connectivity index (χ3n) is 10.4. The Morgan fingerprint density at radius 2 is 0.293 bits per heavy atom. The van der Waals surface area contributed by atoms with Crippen LogP contribution in [0.25, 0.3) is 0 Å². The number of hydrogen-bond donors (Lipinski definition) is 1. The molecule has 0 radical (unpaired) electrons. The molecule has 486 valence electrons. The topological polar surface area (TPSA) is 26.0 Å².